The standard InChI is InChI=1S/C23H28ClN3O4/c1-13(2)27(22(28)15-6-4-14(3)5-7-15)19-9-8-17(12-18(19)23(29)30)31-21-11-16(25)10-20(24)26-21/h8-15H,4-7H2,1-3H3,(H2,25,26)(H,29,30). The second-order valence-electron chi connectivity index (χ2n) is 8.41. The molecule has 2 aromatic rings. The molecule has 0 radical (unpaired) electrons. The van der Waals surface area contributed by atoms with E-state index in [2.05, 4.69) is 11.9 Å². The monoisotopic (exact) mass is 445 g/mol. The zero-order valence-corrected chi connectivity index (χ0v) is 18.7. The van der Waals surface area contributed by atoms with E-state index in [1.165, 1.54) is 18.2 Å². The highest BCUT2D eigenvalue weighted by Gasteiger charge is 2.32. The van der Waals surface area contributed by atoms with E-state index in [0.29, 0.717) is 17.3 Å². The van der Waals surface area contributed by atoms with Crippen molar-refractivity contribution in [3.05, 3.63) is 41.0 Å². The zero-order valence-electron chi connectivity index (χ0n) is 18.0. The van der Waals surface area contributed by atoms with Gasteiger partial charge in [-0.25, -0.2) is 9.78 Å². The molecule has 0 bridgehead atoms. The van der Waals surface area contributed by atoms with Crippen LogP contribution in [-0.4, -0.2) is 28.0 Å². The van der Waals surface area contributed by atoms with Crippen molar-refractivity contribution in [2.75, 3.05) is 10.6 Å². The number of nitrogens with zero attached hydrogens (tertiary/aromatic N) is 2. The fourth-order valence-electron chi connectivity index (χ4n) is 3.98. The number of anilines is 2. The van der Waals surface area contributed by atoms with Gasteiger partial charge >= 0.3 is 5.97 Å². The van der Waals surface area contributed by atoms with Crippen molar-refractivity contribution in [2.24, 2.45) is 11.8 Å². The lowest BCUT2D eigenvalue weighted by atomic mass is 9.82. The Kier molecular flexibility index (Phi) is 7.05. The summed E-state index contributed by atoms with van der Waals surface area (Å²) < 4.78 is 5.67. The number of aromatic carboxylic acids is 1. The molecule has 0 atom stereocenters. The number of ether oxygens (including phenoxy) is 1. The Morgan fingerprint density at radius 2 is 1.87 bits per heavy atom. The minimum absolute atomic E-state index is 0.0151. The van der Waals surface area contributed by atoms with Crippen LogP contribution >= 0.6 is 11.6 Å². The van der Waals surface area contributed by atoms with Crippen molar-refractivity contribution in [2.45, 2.75) is 52.5 Å². The molecule has 31 heavy (non-hydrogen) atoms. The van der Waals surface area contributed by atoms with Gasteiger partial charge in [-0.05, 0) is 69.7 Å². The zero-order chi connectivity index (χ0) is 22.7. The summed E-state index contributed by atoms with van der Waals surface area (Å²) >= 11 is 5.91. The molecule has 0 saturated heterocycles. The van der Waals surface area contributed by atoms with E-state index in [-0.39, 0.29) is 40.2 Å². The Morgan fingerprint density at radius 1 is 1.19 bits per heavy atom. The molecule has 166 valence electrons. The van der Waals surface area contributed by atoms with Crippen LogP contribution in [0.2, 0.25) is 5.15 Å². The van der Waals surface area contributed by atoms with Gasteiger partial charge in [0.1, 0.15) is 10.9 Å². The predicted molar refractivity (Wildman–Crippen MR) is 121 cm³/mol. The molecule has 1 aromatic heterocycles. The van der Waals surface area contributed by atoms with Crippen LogP contribution in [0.3, 0.4) is 0 Å². The van der Waals surface area contributed by atoms with Crippen molar-refractivity contribution in [1.29, 1.82) is 0 Å². The molecular weight excluding hydrogens is 418 g/mol. The van der Waals surface area contributed by atoms with Crippen molar-refractivity contribution in [1.82, 2.24) is 4.98 Å². The lowest BCUT2D eigenvalue weighted by molar-refractivity contribution is -0.123. The number of carboxylic acid groups (broad SMARTS) is 1. The summed E-state index contributed by atoms with van der Waals surface area (Å²) in [6, 6.07) is 7.41. The van der Waals surface area contributed by atoms with E-state index >= 15 is 0 Å². The van der Waals surface area contributed by atoms with Crippen LogP contribution in [0, 0.1) is 11.8 Å². The Morgan fingerprint density at radius 3 is 2.45 bits per heavy atom. The first-order valence-electron chi connectivity index (χ1n) is 10.5. The number of hydrogen-bond donors (Lipinski definition) is 2. The van der Waals surface area contributed by atoms with Crippen LogP contribution < -0.4 is 15.4 Å². The minimum atomic E-state index is -1.14. The Hall–Kier alpha value is -2.80. The van der Waals surface area contributed by atoms with Gasteiger partial charge in [-0.1, -0.05) is 18.5 Å². The van der Waals surface area contributed by atoms with Gasteiger partial charge in [0, 0.05) is 23.7 Å². The van der Waals surface area contributed by atoms with Gasteiger partial charge in [-0.15, -0.1) is 0 Å². The summed E-state index contributed by atoms with van der Waals surface area (Å²) in [5.74, 6) is -0.219. The van der Waals surface area contributed by atoms with E-state index in [9.17, 15) is 14.7 Å². The number of pyridine rings is 1. The molecule has 0 spiro atoms. The molecular formula is C23H28ClN3O4. The molecule has 0 aliphatic heterocycles. The van der Waals surface area contributed by atoms with E-state index < -0.39 is 5.97 Å². The molecule has 1 aliphatic carbocycles. The average molecular weight is 446 g/mol. The molecule has 1 aliphatic rings. The molecule has 3 rings (SSSR count). The van der Waals surface area contributed by atoms with Crippen molar-refractivity contribution in [3.8, 4) is 11.6 Å². The molecule has 1 aromatic carbocycles. The molecule has 1 heterocycles. The predicted octanol–water partition coefficient (Wildman–Crippen LogP) is 5.38. The Labute approximate surface area is 187 Å². The van der Waals surface area contributed by atoms with Crippen molar-refractivity contribution < 1.29 is 19.4 Å². The second kappa shape index (κ2) is 9.56. The summed E-state index contributed by atoms with van der Waals surface area (Å²) in [5.41, 5.74) is 6.48. The van der Waals surface area contributed by atoms with E-state index in [1.54, 1.807) is 17.0 Å². The van der Waals surface area contributed by atoms with E-state index in [4.69, 9.17) is 22.1 Å². The maximum absolute atomic E-state index is 13.3. The second-order valence-corrected chi connectivity index (χ2v) is 8.79. The van der Waals surface area contributed by atoms with Crippen molar-refractivity contribution >= 4 is 34.9 Å². The Bertz CT molecular complexity index is 951. The van der Waals surface area contributed by atoms with Gasteiger partial charge in [0.05, 0.1) is 11.3 Å². The first kappa shape index (κ1) is 22.9. The van der Waals surface area contributed by atoms with E-state index in [0.717, 1.165) is 25.7 Å². The first-order chi connectivity index (χ1) is 14.7. The van der Waals surface area contributed by atoms with Gasteiger partial charge in [0.25, 0.3) is 0 Å². The first-order valence-corrected chi connectivity index (χ1v) is 10.8. The SMILES string of the molecule is CC1CCC(C(=O)N(c2ccc(Oc3cc(N)cc(Cl)n3)cc2C(=O)O)C(C)C)CC1. The third-order valence-corrected chi connectivity index (χ3v) is 5.79. The molecule has 1 fully saturated rings. The number of halogens is 1. The van der Waals surface area contributed by atoms with Crippen LogP contribution in [0.25, 0.3) is 0 Å². The summed E-state index contributed by atoms with van der Waals surface area (Å²) in [4.78, 5) is 31.0. The quantitative estimate of drug-likeness (QED) is 0.578. The number of carboxylic acids is 1. The number of benzene rings is 1. The number of amides is 1. The number of hydrogen-bond acceptors (Lipinski definition) is 5. The fraction of sp³-hybridized carbons (Fsp3) is 0.435. The summed E-state index contributed by atoms with van der Waals surface area (Å²) in [5, 5.41) is 10.0. The maximum Gasteiger partial charge on any atom is 0.337 e. The third-order valence-electron chi connectivity index (χ3n) is 5.59. The smallest absolute Gasteiger partial charge is 0.337 e. The summed E-state index contributed by atoms with van der Waals surface area (Å²) in [6.45, 7) is 5.97. The van der Waals surface area contributed by atoms with Crippen LogP contribution in [0.1, 0.15) is 56.8 Å². The lowest BCUT2D eigenvalue weighted by Crippen LogP contribution is -2.42. The van der Waals surface area contributed by atoms with E-state index in [1.807, 2.05) is 13.8 Å². The van der Waals surface area contributed by atoms with Gasteiger partial charge in [-0.2, -0.15) is 0 Å². The minimum Gasteiger partial charge on any atom is -0.478 e. The van der Waals surface area contributed by atoms with Gasteiger partial charge in [0.2, 0.25) is 11.8 Å². The highest BCUT2D eigenvalue weighted by molar-refractivity contribution is 6.29. The van der Waals surface area contributed by atoms with Gasteiger partial charge in [-0.3, -0.25) is 4.79 Å². The maximum atomic E-state index is 13.3. The molecule has 3 N–H and O–H groups in total. The lowest BCUT2D eigenvalue weighted by Gasteiger charge is -2.34. The van der Waals surface area contributed by atoms with Crippen molar-refractivity contribution in [3.63, 3.8) is 0 Å². The fourth-order valence-corrected chi connectivity index (χ4v) is 4.19. The van der Waals surface area contributed by atoms with Crippen LogP contribution in [-0.2, 0) is 4.79 Å². The van der Waals surface area contributed by atoms with Crippen LogP contribution in [0.5, 0.6) is 11.6 Å². The third kappa shape index (κ3) is 5.47. The van der Waals surface area contributed by atoms with Crippen LogP contribution in [0.4, 0.5) is 11.4 Å². The molecule has 0 unspecified atom stereocenters. The highest BCUT2D eigenvalue weighted by Crippen LogP contribution is 2.35. The van der Waals surface area contributed by atoms with Gasteiger partial charge in [0.15, 0.2) is 0 Å². The molecule has 7 nitrogen and oxygen atoms in total. The Balaban J connectivity index is 1.92. The molecule has 1 saturated carbocycles. The molecule has 1 amide bonds. The summed E-state index contributed by atoms with van der Waals surface area (Å²) in [7, 11) is 0. The molecule has 8 heteroatoms. The number of carbonyl (C=O) groups excluding carboxylic acids is 1. The number of rotatable bonds is 6. The number of aromatic nitrogens is 1. The topological polar surface area (TPSA) is 106 Å². The normalized spacial score (nSPS) is 18.6. The summed E-state index contributed by atoms with van der Waals surface area (Å²) in [6.07, 6.45) is 3.68. The number of nitrogen functional groups attached to an aromatic ring is 1. The van der Waals surface area contributed by atoms with Gasteiger partial charge < -0.3 is 20.5 Å². The largest absolute Gasteiger partial charge is 0.478 e. The number of carbonyl (C=O) groups is 2. The number of nitrogens with two attached hydrogens (primary N) is 1. The highest BCUT2D eigenvalue weighted by atomic mass is 35.5. The van der Waals surface area contributed by atoms with Crippen LogP contribution in [0.15, 0.2) is 30.3 Å². The average Bonchev–Trinajstić information content (AvgIpc) is 2.68.